The van der Waals surface area contributed by atoms with Crippen LogP contribution in [0.1, 0.15) is 11.3 Å². The van der Waals surface area contributed by atoms with Gasteiger partial charge in [0.15, 0.2) is 5.43 Å². The van der Waals surface area contributed by atoms with Crippen LogP contribution in [-0.4, -0.2) is 0 Å². The molecule has 3 aromatic rings. The third-order valence-electron chi connectivity index (χ3n) is 3.33. The zero-order valence-corrected chi connectivity index (χ0v) is 12.4. The van der Waals surface area contributed by atoms with Crippen LogP contribution in [-0.2, 0) is 13.0 Å². The number of ether oxygens (including phenoxy) is 1. The zero-order valence-electron chi connectivity index (χ0n) is 12.4. The lowest BCUT2D eigenvalue weighted by atomic mass is 10.2. The molecule has 2 N–H and O–H groups in total. The van der Waals surface area contributed by atoms with Gasteiger partial charge in [-0.05, 0) is 17.7 Å². The number of benzene rings is 2. The number of hydrogen-bond donors (Lipinski definition) is 1. The van der Waals surface area contributed by atoms with Crippen molar-refractivity contribution in [3.63, 3.8) is 0 Å². The van der Waals surface area contributed by atoms with Gasteiger partial charge in [-0.3, -0.25) is 4.79 Å². The van der Waals surface area contributed by atoms with Gasteiger partial charge in [0.1, 0.15) is 23.2 Å². The minimum atomic E-state index is -0.117. The SMILES string of the molecule is NCc1cc(=O)c2ccc(OC#CCc3ccccc3)cc2o1. The fourth-order valence-corrected chi connectivity index (χ4v) is 2.18. The summed E-state index contributed by atoms with van der Waals surface area (Å²) in [5, 5.41) is 0.492. The molecule has 0 spiro atoms. The van der Waals surface area contributed by atoms with E-state index in [0.29, 0.717) is 28.9 Å². The largest absolute Gasteiger partial charge is 0.459 e. The van der Waals surface area contributed by atoms with Gasteiger partial charge < -0.3 is 14.9 Å². The maximum atomic E-state index is 11.9. The molecule has 23 heavy (non-hydrogen) atoms. The first-order valence-electron chi connectivity index (χ1n) is 7.22. The van der Waals surface area contributed by atoms with E-state index >= 15 is 0 Å². The van der Waals surface area contributed by atoms with Crippen LogP contribution in [0.3, 0.4) is 0 Å². The summed E-state index contributed by atoms with van der Waals surface area (Å²) in [6.07, 6.45) is 3.28. The van der Waals surface area contributed by atoms with Crippen molar-refractivity contribution in [1.82, 2.24) is 0 Å². The molecule has 0 bridgehead atoms. The van der Waals surface area contributed by atoms with Crippen molar-refractivity contribution in [2.75, 3.05) is 0 Å². The third kappa shape index (κ3) is 3.60. The van der Waals surface area contributed by atoms with Gasteiger partial charge in [-0.2, -0.15) is 0 Å². The molecule has 0 unspecified atom stereocenters. The second kappa shape index (κ2) is 6.82. The Morgan fingerprint density at radius 3 is 2.70 bits per heavy atom. The molecule has 2 aromatic carbocycles. The van der Waals surface area contributed by atoms with E-state index in [0.717, 1.165) is 5.56 Å². The van der Waals surface area contributed by atoms with Crippen molar-refractivity contribution in [1.29, 1.82) is 0 Å². The summed E-state index contributed by atoms with van der Waals surface area (Å²) in [5.74, 6) is 3.91. The standard InChI is InChI=1S/C19H15NO3/c20-13-16-11-18(21)17-9-8-15(12-19(17)23-16)22-10-4-7-14-5-2-1-3-6-14/h1-3,5-6,8-9,11-12H,7,13,20H2. The molecule has 0 aliphatic carbocycles. The zero-order chi connectivity index (χ0) is 16.1. The summed E-state index contributed by atoms with van der Waals surface area (Å²) in [6, 6.07) is 16.3. The van der Waals surface area contributed by atoms with Crippen LogP contribution >= 0.6 is 0 Å². The molecule has 4 heteroatoms. The van der Waals surface area contributed by atoms with Gasteiger partial charge in [0.05, 0.1) is 11.9 Å². The number of nitrogens with two attached hydrogens (primary N) is 1. The van der Waals surface area contributed by atoms with Gasteiger partial charge in [-0.1, -0.05) is 36.3 Å². The van der Waals surface area contributed by atoms with Crippen LogP contribution < -0.4 is 15.9 Å². The number of fused-ring (bicyclic) bond motifs is 1. The Morgan fingerprint density at radius 2 is 1.91 bits per heavy atom. The second-order valence-electron chi connectivity index (χ2n) is 4.98. The summed E-state index contributed by atoms with van der Waals surface area (Å²) in [6.45, 7) is 0.174. The van der Waals surface area contributed by atoms with E-state index in [1.165, 1.54) is 6.07 Å². The Morgan fingerprint density at radius 1 is 1.09 bits per heavy atom. The van der Waals surface area contributed by atoms with Gasteiger partial charge >= 0.3 is 0 Å². The molecular weight excluding hydrogens is 290 g/mol. The first kappa shape index (κ1) is 14.9. The summed E-state index contributed by atoms with van der Waals surface area (Å²) >= 11 is 0. The lowest BCUT2D eigenvalue weighted by Gasteiger charge is -2.02. The van der Waals surface area contributed by atoms with Crippen LogP contribution in [0.15, 0.2) is 63.8 Å². The third-order valence-corrected chi connectivity index (χ3v) is 3.33. The van der Waals surface area contributed by atoms with Crippen molar-refractivity contribution < 1.29 is 9.15 Å². The lowest BCUT2D eigenvalue weighted by molar-refractivity contribution is 0.510. The van der Waals surface area contributed by atoms with E-state index in [9.17, 15) is 4.79 Å². The van der Waals surface area contributed by atoms with Crippen LogP contribution in [0, 0.1) is 12.0 Å². The number of hydrogen-bond acceptors (Lipinski definition) is 4. The Balaban J connectivity index is 1.77. The fraction of sp³-hybridized carbons (Fsp3) is 0.105. The molecule has 0 aliphatic heterocycles. The first-order chi connectivity index (χ1) is 11.3. The fourth-order valence-electron chi connectivity index (χ4n) is 2.18. The molecule has 0 saturated heterocycles. The van der Waals surface area contributed by atoms with E-state index in [1.807, 2.05) is 30.3 Å². The van der Waals surface area contributed by atoms with Gasteiger partial charge in [0.2, 0.25) is 0 Å². The smallest absolute Gasteiger partial charge is 0.193 e. The van der Waals surface area contributed by atoms with E-state index in [1.54, 1.807) is 18.2 Å². The van der Waals surface area contributed by atoms with Crippen molar-refractivity contribution in [3.8, 4) is 17.8 Å². The van der Waals surface area contributed by atoms with Crippen LogP contribution in [0.5, 0.6) is 5.75 Å². The predicted molar refractivity (Wildman–Crippen MR) is 88.9 cm³/mol. The molecule has 0 aliphatic rings. The van der Waals surface area contributed by atoms with Crippen molar-refractivity contribution in [3.05, 3.63) is 76.1 Å². The Kier molecular flexibility index (Phi) is 4.41. The van der Waals surface area contributed by atoms with Gasteiger partial charge in [0, 0.05) is 18.6 Å². The molecule has 0 radical (unpaired) electrons. The van der Waals surface area contributed by atoms with Gasteiger partial charge in [-0.25, -0.2) is 0 Å². The molecule has 1 aromatic heterocycles. The Labute approximate surface area is 133 Å². The van der Waals surface area contributed by atoms with Crippen molar-refractivity contribution >= 4 is 11.0 Å². The molecule has 3 rings (SSSR count). The summed E-state index contributed by atoms with van der Waals surface area (Å²) < 4.78 is 10.9. The van der Waals surface area contributed by atoms with Crippen LogP contribution in [0.4, 0.5) is 0 Å². The first-order valence-corrected chi connectivity index (χ1v) is 7.22. The Hall–Kier alpha value is -3.03. The average Bonchev–Trinajstić information content (AvgIpc) is 2.59. The second-order valence-corrected chi connectivity index (χ2v) is 4.98. The van der Waals surface area contributed by atoms with Gasteiger partial charge in [0.25, 0.3) is 0 Å². The van der Waals surface area contributed by atoms with Crippen LogP contribution in [0.2, 0.25) is 0 Å². The number of rotatable bonds is 3. The predicted octanol–water partition coefficient (Wildman–Crippen LogP) is 2.83. The minimum Gasteiger partial charge on any atom is -0.459 e. The topological polar surface area (TPSA) is 65.5 Å². The molecule has 114 valence electrons. The quantitative estimate of drug-likeness (QED) is 0.756. The highest BCUT2D eigenvalue weighted by atomic mass is 16.5. The molecule has 0 saturated carbocycles. The highest BCUT2D eigenvalue weighted by molar-refractivity contribution is 5.78. The summed E-state index contributed by atoms with van der Waals surface area (Å²) in [5.41, 5.74) is 6.97. The van der Waals surface area contributed by atoms with E-state index in [2.05, 4.69) is 12.0 Å². The highest BCUT2D eigenvalue weighted by Crippen LogP contribution is 2.19. The van der Waals surface area contributed by atoms with Gasteiger partial charge in [-0.15, -0.1) is 0 Å². The Bertz CT molecular complexity index is 933. The summed E-state index contributed by atoms with van der Waals surface area (Å²) in [7, 11) is 0. The highest BCUT2D eigenvalue weighted by Gasteiger charge is 2.05. The van der Waals surface area contributed by atoms with E-state index in [-0.39, 0.29) is 12.0 Å². The molecule has 0 amide bonds. The molecular formula is C19H15NO3. The van der Waals surface area contributed by atoms with E-state index < -0.39 is 0 Å². The minimum absolute atomic E-state index is 0.117. The maximum absolute atomic E-state index is 11.9. The monoisotopic (exact) mass is 305 g/mol. The normalized spacial score (nSPS) is 10.1. The summed E-state index contributed by atoms with van der Waals surface area (Å²) in [4.78, 5) is 11.9. The molecule has 4 nitrogen and oxygen atoms in total. The molecule has 1 heterocycles. The van der Waals surface area contributed by atoms with Crippen molar-refractivity contribution in [2.24, 2.45) is 5.73 Å². The van der Waals surface area contributed by atoms with Crippen molar-refractivity contribution in [2.45, 2.75) is 13.0 Å². The van der Waals surface area contributed by atoms with Crippen LogP contribution in [0.25, 0.3) is 11.0 Å². The average molecular weight is 305 g/mol. The molecule has 0 atom stereocenters. The lowest BCUT2D eigenvalue weighted by Crippen LogP contribution is -2.05. The van der Waals surface area contributed by atoms with E-state index in [4.69, 9.17) is 14.9 Å². The molecule has 0 fully saturated rings. The maximum Gasteiger partial charge on any atom is 0.193 e.